The minimum atomic E-state index is 0.367. The predicted molar refractivity (Wildman–Crippen MR) is 100 cm³/mol. The van der Waals surface area contributed by atoms with Gasteiger partial charge in [-0.25, -0.2) is 0 Å². The average molecular weight is 335 g/mol. The Bertz CT molecular complexity index is 485. The minimum Gasteiger partial charge on any atom is -0.494 e. The summed E-state index contributed by atoms with van der Waals surface area (Å²) in [6.45, 7) is 11.9. The van der Waals surface area contributed by atoms with E-state index >= 15 is 0 Å². The number of ether oxygens (including phenoxy) is 2. The molecule has 1 aromatic carbocycles. The summed E-state index contributed by atoms with van der Waals surface area (Å²) >= 11 is 0. The molecule has 1 aliphatic rings. The van der Waals surface area contributed by atoms with E-state index in [2.05, 4.69) is 24.0 Å². The molecule has 1 aliphatic heterocycles. The lowest BCUT2D eigenvalue weighted by molar-refractivity contribution is 0.168. The van der Waals surface area contributed by atoms with Gasteiger partial charge in [-0.2, -0.15) is 0 Å². The van der Waals surface area contributed by atoms with E-state index in [1.165, 1.54) is 44.5 Å². The number of nitrogens with zero attached hydrogens (tertiary/aromatic N) is 1. The van der Waals surface area contributed by atoms with Gasteiger partial charge in [0.15, 0.2) is 0 Å². The van der Waals surface area contributed by atoms with Crippen LogP contribution < -0.4 is 15.2 Å². The van der Waals surface area contributed by atoms with Crippen LogP contribution in [0, 0.1) is 5.92 Å². The first-order valence-electron chi connectivity index (χ1n) is 9.55. The summed E-state index contributed by atoms with van der Waals surface area (Å²) in [5.41, 5.74) is 7.44. The summed E-state index contributed by atoms with van der Waals surface area (Å²) in [5, 5.41) is 0. The maximum Gasteiger partial charge on any atom is 0.126 e. The molecule has 1 aromatic rings. The van der Waals surface area contributed by atoms with Crippen LogP contribution >= 0.6 is 0 Å². The molecule has 0 saturated carbocycles. The standard InChI is InChI=1S/C20H34N2O2/c1-4-11-22-12-9-16(10-13-22)19(15-21)18-8-7-17(23-5-2)14-20(18)24-6-3/h7-8,14,16,19H,4-6,9-13,15,21H2,1-3H3. The lowest BCUT2D eigenvalue weighted by Gasteiger charge is -2.36. The smallest absolute Gasteiger partial charge is 0.126 e. The van der Waals surface area contributed by atoms with Crippen molar-refractivity contribution in [1.29, 1.82) is 0 Å². The van der Waals surface area contributed by atoms with E-state index in [1.807, 2.05) is 19.9 Å². The van der Waals surface area contributed by atoms with Crippen molar-refractivity contribution in [2.75, 3.05) is 39.4 Å². The number of benzene rings is 1. The van der Waals surface area contributed by atoms with Gasteiger partial charge in [-0.1, -0.05) is 13.0 Å². The largest absolute Gasteiger partial charge is 0.494 e. The fourth-order valence-electron chi connectivity index (χ4n) is 3.83. The van der Waals surface area contributed by atoms with Crippen molar-refractivity contribution in [1.82, 2.24) is 4.90 Å². The Hall–Kier alpha value is -1.26. The van der Waals surface area contributed by atoms with Crippen molar-refractivity contribution in [3.05, 3.63) is 23.8 Å². The summed E-state index contributed by atoms with van der Waals surface area (Å²) in [7, 11) is 0. The molecule has 1 unspecified atom stereocenters. The van der Waals surface area contributed by atoms with Crippen LogP contribution in [0.1, 0.15) is 51.5 Å². The summed E-state index contributed by atoms with van der Waals surface area (Å²) in [4.78, 5) is 2.58. The molecule has 1 fully saturated rings. The molecule has 0 amide bonds. The Balaban J connectivity index is 2.14. The second-order valence-corrected chi connectivity index (χ2v) is 6.59. The van der Waals surface area contributed by atoms with E-state index in [0.717, 1.165) is 11.5 Å². The van der Waals surface area contributed by atoms with Gasteiger partial charge in [-0.15, -0.1) is 0 Å². The lowest BCUT2D eigenvalue weighted by Crippen LogP contribution is -2.37. The second kappa shape index (κ2) is 9.90. The Morgan fingerprint density at radius 2 is 1.83 bits per heavy atom. The fraction of sp³-hybridized carbons (Fsp3) is 0.700. The van der Waals surface area contributed by atoms with Gasteiger partial charge < -0.3 is 20.1 Å². The van der Waals surface area contributed by atoms with Gasteiger partial charge in [0, 0.05) is 12.0 Å². The summed E-state index contributed by atoms with van der Waals surface area (Å²) in [6, 6.07) is 6.24. The Labute approximate surface area is 147 Å². The quantitative estimate of drug-likeness (QED) is 0.749. The topological polar surface area (TPSA) is 47.7 Å². The first-order chi connectivity index (χ1) is 11.7. The summed E-state index contributed by atoms with van der Waals surface area (Å²) in [5.74, 6) is 2.82. The zero-order valence-electron chi connectivity index (χ0n) is 15.6. The zero-order chi connectivity index (χ0) is 17.4. The van der Waals surface area contributed by atoms with Crippen LogP contribution in [0.2, 0.25) is 0 Å². The molecule has 4 heteroatoms. The molecule has 2 rings (SSSR count). The third-order valence-electron chi connectivity index (χ3n) is 4.99. The number of nitrogens with two attached hydrogens (primary N) is 1. The van der Waals surface area contributed by atoms with Crippen LogP contribution in [-0.4, -0.2) is 44.3 Å². The summed E-state index contributed by atoms with van der Waals surface area (Å²) < 4.78 is 11.5. The molecule has 0 aliphatic carbocycles. The van der Waals surface area contributed by atoms with E-state index in [1.54, 1.807) is 0 Å². The number of hydrogen-bond acceptors (Lipinski definition) is 4. The molecular weight excluding hydrogens is 300 g/mol. The van der Waals surface area contributed by atoms with Crippen molar-refractivity contribution >= 4 is 0 Å². The number of rotatable bonds is 9. The molecule has 0 spiro atoms. The normalized spacial score (nSPS) is 17.7. The van der Waals surface area contributed by atoms with Crippen LogP contribution in [0.25, 0.3) is 0 Å². The first-order valence-corrected chi connectivity index (χ1v) is 9.55. The highest BCUT2D eigenvalue weighted by atomic mass is 16.5. The van der Waals surface area contributed by atoms with Crippen molar-refractivity contribution < 1.29 is 9.47 Å². The SMILES string of the molecule is CCCN1CCC(C(CN)c2ccc(OCC)cc2OCC)CC1. The van der Waals surface area contributed by atoms with Crippen LogP contribution in [0.5, 0.6) is 11.5 Å². The molecular formula is C20H34N2O2. The van der Waals surface area contributed by atoms with Gasteiger partial charge in [-0.3, -0.25) is 0 Å². The van der Waals surface area contributed by atoms with Crippen molar-refractivity contribution in [2.24, 2.45) is 11.7 Å². The number of hydrogen-bond donors (Lipinski definition) is 1. The second-order valence-electron chi connectivity index (χ2n) is 6.59. The maximum absolute atomic E-state index is 6.19. The molecule has 24 heavy (non-hydrogen) atoms. The Kier molecular flexibility index (Phi) is 7.86. The van der Waals surface area contributed by atoms with E-state index < -0.39 is 0 Å². The molecule has 136 valence electrons. The van der Waals surface area contributed by atoms with Gasteiger partial charge in [0.2, 0.25) is 0 Å². The molecule has 0 radical (unpaired) electrons. The molecule has 4 nitrogen and oxygen atoms in total. The van der Waals surface area contributed by atoms with Crippen molar-refractivity contribution in [2.45, 2.75) is 46.0 Å². The van der Waals surface area contributed by atoms with Gasteiger partial charge in [0.1, 0.15) is 11.5 Å². The average Bonchev–Trinajstić information content (AvgIpc) is 2.59. The number of likely N-dealkylation sites (tertiary alicyclic amines) is 1. The van der Waals surface area contributed by atoms with E-state index in [0.29, 0.717) is 31.6 Å². The minimum absolute atomic E-state index is 0.367. The van der Waals surface area contributed by atoms with Crippen LogP contribution in [0.4, 0.5) is 0 Å². The maximum atomic E-state index is 6.19. The molecule has 1 heterocycles. The van der Waals surface area contributed by atoms with Crippen LogP contribution in [0.3, 0.4) is 0 Å². The molecule has 1 saturated heterocycles. The van der Waals surface area contributed by atoms with Gasteiger partial charge in [0.25, 0.3) is 0 Å². The van der Waals surface area contributed by atoms with Crippen molar-refractivity contribution in [3.63, 3.8) is 0 Å². The molecule has 2 N–H and O–H groups in total. The Morgan fingerprint density at radius 1 is 1.12 bits per heavy atom. The molecule has 0 bridgehead atoms. The van der Waals surface area contributed by atoms with Crippen LogP contribution in [0.15, 0.2) is 18.2 Å². The monoisotopic (exact) mass is 334 g/mol. The van der Waals surface area contributed by atoms with Gasteiger partial charge in [0.05, 0.1) is 13.2 Å². The van der Waals surface area contributed by atoms with E-state index in [9.17, 15) is 0 Å². The zero-order valence-corrected chi connectivity index (χ0v) is 15.6. The molecule has 0 aromatic heterocycles. The highest BCUT2D eigenvalue weighted by molar-refractivity contribution is 5.43. The lowest BCUT2D eigenvalue weighted by atomic mass is 9.79. The van der Waals surface area contributed by atoms with E-state index in [-0.39, 0.29) is 0 Å². The third-order valence-corrected chi connectivity index (χ3v) is 4.99. The summed E-state index contributed by atoms with van der Waals surface area (Å²) in [6.07, 6.45) is 3.68. The highest BCUT2D eigenvalue weighted by Gasteiger charge is 2.28. The molecule has 1 atom stereocenters. The van der Waals surface area contributed by atoms with E-state index in [4.69, 9.17) is 15.2 Å². The number of piperidine rings is 1. The Morgan fingerprint density at radius 3 is 2.42 bits per heavy atom. The highest BCUT2D eigenvalue weighted by Crippen LogP contribution is 2.38. The van der Waals surface area contributed by atoms with Crippen molar-refractivity contribution in [3.8, 4) is 11.5 Å². The van der Waals surface area contributed by atoms with Gasteiger partial charge >= 0.3 is 0 Å². The third kappa shape index (κ3) is 4.87. The van der Waals surface area contributed by atoms with Crippen LogP contribution in [-0.2, 0) is 0 Å². The fourth-order valence-corrected chi connectivity index (χ4v) is 3.83. The van der Waals surface area contributed by atoms with Gasteiger partial charge in [-0.05, 0) is 76.8 Å². The predicted octanol–water partition coefficient (Wildman–Crippen LogP) is 3.65. The first kappa shape index (κ1) is 19.1.